The molecule has 4 saturated carbocycles. The first-order valence-corrected chi connectivity index (χ1v) is 21.7. The van der Waals surface area contributed by atoms with Crippen LogP contribution in [-0.2, 0) is 8.23 Å². The molecule has 0 aromatic carbocycles. The lowest BCUT2D eigenvalue weighted by Crippen LogP contribution is -2.60. The molecule has 4 aliphatic carbocycles. The maximum Gasteiger partial charge on any atom is 0.323 e. The van der Waals surface area contributed by atoms with Gasteiger partial charge in [0.25, 0.3) is 0 Å². The zero-order chi connectivity index (χ0) is 22.4. The third kappa shape index (κ3) is 6.61. The summed E-state index contributed by atoms with van der Waals surface area (Å²) >= 11 is 0. The Bertz CT molecular complexity index is 504. The van der Waals surface area contributed by atoms with E-state index in [1.165, 1.54) is 128 Å². The highest BCUT2D eigenvalue weighted by Gasteiger charge is 2.56. The van der Waals surface area contributed by atoms with E-state index in [2.05, 4.69) is 19.6 Å². The smallest absolute Gasteiger partial charge is 0.323 e. The average molecular weight is 494 g/mol. The molecule has 0 bridgehead atoms. The molecule has 1 radical (unpaired) electrons. The molecule has 2 nitrogen and oxygen atoms in total. The van der Waals surface area contributed by atoms with Crippen molar-refractivity contribution in [1.29, 1.82) is 0 Å². The van der Waals surface area contributed by atoms with Crippen molar-refractivity contribution in [3.05, 3.63) is 0 Å². The average Bonchev–Trinajstić information content (AvgIpc) is 2.83. The Morgan fingerprint density at radius 3 is 1.19 bits per heavy atom. The Kier molecular flexibility index (Phi) is 9.63. The van der Waals surface area contributed by atoms with Crippen molar-refractivity contribution in [2.75, 3.05) is 0 Å². The third-order valence-corrected chi connectivity index (χ3v) is 21.2. The van der Waals surface area contributed by atoms with Gasteiger partial charge in [-0.2, -0.15) is 0 Å². The topological polar surface area (TPSA) is 18.5 Å². The summed E-state index contributed by atoms with van der Waals surface area (Å²) in [6, 6.07) is 0. The van der Waals surface area contributed by atoms with E-state index in [-0.39, 0.29) is 0 Å². The Balaban J connectivity index is 1.68. The highest BCUT2D eigenvalue weighted by atomic mass is 28.5. The number of hydrogen-bond donors (Lipinski definition) is 0. The van der Waals surface area contributed by atoms with Crippen LogP contribution < -0.4 is 0 Å². The predicted octanol–water partition coefficient (Wildman–Crippen LogP) is 9.63. The van der Waals surface area contributed by atoms with Crippen molar-refractivity contribution < 1.29 is 8.23 Å². The Hall–Kier alpha value is 0.571. The van der Waals surface area contributed by atoms with E-state index in [9.17, 15) is 0 Å². The van der Waals surface area contributed by atoms with E-state index in [4.69, 9.17) is 8.23 Å². The second-order valence-corrected chi connectivity index (χ2v) is 24.2. The van der Waals surface area contributed by atoms with E-state index in [0.29, 0.717) is 0 Å². The zero-order valence-corrected chi connectivity index (χ0v) is 24.8. The van der Waals surface area contributed by atoms with Crippen LogP contribution in [0.3, 0.4) is 0 Å². The molecule has 0 heterocycles. The van der Waals surface area contributed by atoms with Crippen LogP contribution in [0.4, 0.5) is 0 Å². The molecule has 0 atom stereocenters. The number of hydrogen-bond acceptors (Lipinski definition) is 2. The Morgan fingerprint density at radius 1 is 0.500 bits per heavy atom. The molecule has 0 N–H and O–H groups in total. The molecule has 4 aliphatic rings. The van der Waals surface area contributed by atoms with Crippen molar-refractivity contribution in [2.24, 2.45) is 0 Å². The molecular weight excluding hydrogens is 441 g/mol. The summed E-state index contributed by atoms with van der Waals surface area (Å²) < 4.78 is 15.6. The molecule has 0 aromatic heterocycles. The summed E-state index contributed by atoms with van der Waals surface area (Å²) in [7, 11) is -4.74. The molecule has 185 valence electrons. The van der Waals surface area contributed by atoms with E-state index in [1.54, 1.807) is 0 Å². The molecule has 0 aromatic rings. The first-order chi connectivity index (χ1) is 15.5. The minimum atomic E-state index is -2.25. The highest BCUT2D eigenvalue weighted by Crippen LogP contribution is 2.53. The molecule has 0 aliphatic heterocycles. The van der Waals surface area contributed by atoms with Gasteiger partial charge in [0.1, 0.15) is 0 Å². The summed E-state index contributed by atoms with van der Waals surface area (Å²) in [6.45, 7) is 7.41. The summed E-state index contributed by atoms with van der Waals surface area (Å²) in [5, 5.41) is 0. The molecule has 0 saturated heterocycles. The molecule has 32 heavy (non-hydrogen) atoms. The molecule has 4 rings (SSSR count). The largest absolute Gasteiger partial charge is 0.436 e. The maximum atomic E-state index is 8.03. The Labute approximate surface area is 204 Å². The standard InChI is InChI=1S/C27H53O2Si3/c1-31(2,3)29-32(26-20-12-6-13-21-26,27-22-14-7-15-23-27)28-30(24-16-8-4-9-17-24)25-18-10-5-11-19-25/h24-27H,4-23H2,1-3H3. The maximum absolute atomic E-state index is 8.03. The minimum absolute atomic E-state index is 0.790. The van der Waals surface area contributed by atoms with Gasteiger partial charge in [0, 0.05) is 11.1 Å². The third-order valence-electron chi connectivity index (χ3n) is 9.11. The second kappa shape index (κ2) is 12.0. The Morgan fingerprint density at radius 2 is 0.844 bits per heavy atom. The van der Waals surface area contributed by atoms with Gasteiger partial charge >= 0.3 is 8.56 Å². The molecule has 0 unspecified atom stereocenters. The summed E-state index contributed by atoms with van der Waals surface area (Å²) in [5.74, 6) is 0. The molecular formula is C27H53O2Si3. The molecule has 5 heteroatoms. The van der Waals surface area contributed by atoms with Crippen LogP contribution in [0.5, 0.6) is 0 Å². The van der Waals surface area contributed by atoms with Crippen LogP contribution in [0, 0.1) is 0 Å². The fraction of sp³-hybridized carbons (Fsp3) is 1.00. The van der Waals surface area contributed by atoms with Gasteiger partial charge in [0.05, 0.1) is 0 Å². The quantitative estimate of drug-likeness (QED) is 0.313. The van der Waals surface area contributed by atoms with Gasteiger partial charge < -0.3 is 8.23 Å². The van der Waals surface area contributed by atoms with Crippen LogP contribution in [0.2, 0.25) is 41.8 Å². The van der Waals surface area contributed by atoms with Crippen LogP contribution in [-0.4, -0.2) is 25.9 Å². The van der Waals surface area contributed by atoms with Gasteiger partial charge in [-0.25, -0.2) is 0 Å². The fourth-order valence-corrected chi connectivity index (χ4v) is 23.2. The summed E-state index contributed by atoms with van der Waals surface area (Å²) in [6.07, 6.45) is 28.9. The molecule has 0 amide bonds. The second-order valence-electron chi connectivity index (χ2n) is 12.8. The van der Waals surface area contributed by atoms with Crippen LogP contribution in [0.25, 0.3) is 0 Å². The monoisotopic (exact) mass is 493 g/mol. The lowest BCUT2D eigenvalue weighted by Gasteiger charge is -2.52. The summed E-state index contributed by atoms with van der Waals surface area (Å²) in [4.78, 5) is 0. The summed E-state index contributed by atoms with van der Waals surface area (Å²) in [5.41, 5.74) is 3.42. The van der Waals surface area contributed by atoms with E-state index in [1.807, 2.05) is 0 Å². The molecule has 4 fully saturated rings. The van der Waals surface area contributed by atoms with Crippen molar-refractivity contribution in [3.63, 3.8) is 0 Å². The fourth-order valence-electron chi connectivity index (χ4n) is 7.63. The predicted molar refractivity (Wildman–Crippen MR) is 144 cm³/mol. The van der Waals surface area contributed by atoms with E-state index < -0.39 is 25.9 Å². The van der Waals surface area contributed by atoms with Crippen molar-refractivity contribution >= 4 is 25.9 Å². The molecule has 0 spiro atoms. The minimum Gasteiger partial charge on any atom is -0.436 e. The van der Waals surface area contributed by atoms with Gasteiger partial charge in [0.2, 0.25) is 9.04 Å². The SMILES string of the molecule is C[Si](C)(C)O[Si](O[Si](C1CCCCC1)C1CCCCC1)(C1CCCCC1)C1CCCCC1. The van der Waals surface area contributed by atoms with E-state index in [0.717, 1.165) is 22.2 Å². The van der Waals surface area contributed by atoms with Crippen LogP contribution >= 0.6 is 0 Å². The van der Waals surface area contributed by atoms with Crippen molar-refractivity contribution in [3.8, 4) is 0 Å². The van der Waals surface area contributed by atoms with Gasteiger partial charge in [-0.3, -0.25) is 0 Å². The lowest BCUT2D eigenvalue weighted by atomic mass is 9.99. The zero-order valence-electron chi connectivity index (χ0n) is 21.8. The van der Waals surface area contributed by atoms with Crippen molar-refractivity contribution in [2.45, 2.75) is 170 Å². The lowest BCUT2D eigenvalue weighted by molar-refractivity contribution is 0.275. The normalized spacial score (nSPS) is 26.6. The van der Waals surface area contributed by atoms with Gasteiger partial charge in [0.15, 0.2) is 8.32 Å². The van der Waals surface area contributed by atoms with Gasteiger partial charge in [-0.1, -0.05) is 103 Å². The first-order valence-electron chi connectivity index (χ1n) is 14.7. The number of rotatable bonds is 8. The van der Waals surface area contributed by atoms with Crippen LogP contribution in [0.1, 0.15) is 128 Å². The van der Waals surface area contributed by atoms with Gasteiger partial charge in [-0.15, -0.1) is 0 Å². The van der Waals surface area contributed by atoms with E-state index >= 15 is 0 Å². The van der Waals surface area contributed by atoms with Gasteiger partial charge in [-0.05, 0) is 56.4 Å². The van der Waals surface area contributed by atoms with Crippen molar-refractivity contribution in [1.82, 2.24) is 0 Å². The first kappa shape index (κ1) is 25.7. The highest BCUT2D eigenvalue weighted by molar-refractivity contribution is 6.87. The van der Waals surface area contributed by atoms with Crippen LogP contribution in [0.15, 0.2) is 0 Å².